The molecule has 0 spiro atoms. The zero-order valence-electron chi connectivity index (χ0n) is 7.80. The maximum absolute atomic E-state index is 10.2. The van der Waals surface area contributed by atoms with Crippen LogP contribution in [0.25, 0.3) is 0 Å². The van der Waals surface area contributed by atoms with E-state index in [2.05, 4.69) is 0 Å². The van der Waals surface area contributed by atoms with E-state index in [4.69, 9.17) is 9.84 Å². The largest absolute Gasteiger partial charge is 0.478 e. The third kappa shape index (κ3) is 2.83. The molecule has 1 aliphatic rings. The van der Waals surface area contributed by atoms with Crippen molar-refractivity contribution < 1.29 is 19.7 Å². The Bertz CT molecular complexity index is 314. The maximum atomic E-state index is 10.2. The Morgan fingerprint density at radius 2 is 2.43 bits per heavy atom. The number of carboxylic acid groups (broad SMARTS) is 1. The van der Waals surface area contributed by atoms with Crippen LogP contribution < -0.4 is 0 Å². The van der Waals surface area contributed by atoms with Crippen LogP contribution in [-0.2, 0) is 9.53 Å². The molecular formula is C10H12O4. The van der Waals surface area contributed by atoms with Gasteiger partial charge in [0.1, 0.15) is 0 Å². The highest BCUT2D eigenvalue weighted by molar-refractivity contribution is 5.80. The lowest BCUT2D eigenvalue weighted by molar-refractivity contribution is -0.143. The lowest BCUT2D eigenvalue weighted by Gasteiger charge is -2.23. The van der Waals surface area contributed by atoms with Crippen molar-refractivity contribution in [3.63, 3.8) is 0 Å². The van der Waals surface area contributed by atoms with Gasteiger partial charge in [-0.15, -0.1) is 0 Å². The van der Waals surface area contributed by atoms with Gasteiger partial charge in [-0.05, 0) is 17.7 Å². The molecule has 14 heavy (non-hydrogen) atoms. The fourth-order valence-corrected chi connectivity index (χ4v) is 1.07. The molecule has 0 radical (unpaired) electrons. The van der Waals surface area contributed by atoms with E-state index in [0.29, 0.717) is 6.42 Å². The predicted molar refractivity (Wildman–Crippen MR) is 50.6 cm³/mol. The SMILES string of the molecule is COC1(O)C=CC(/C=C/C(=O)O)=CC1. The third-order valence-electron chi connectivity index (χ3n) is 1.94. The van der Waals surface area contributed by atoms with Crippen LogP contribution in [0, 0.1) is 0 Å². The van der Waals surface area contributed by atoms with Crippen molar-refractivity contribution in [1.82, 2.24) is 0 Å². The van der Waals surface area contributed by atoms with Crippen LogP contribution in [0.15, 0.2) is 36.0 Å². The number of aliphatic carboxylic acids is 1. The second-order valence-electron chi connectivity index (χ2n) is 2.96. The van der Waals surface area contributed by atoms with Gasteiger partial charge in [-0.25, -0.2) is 4.79 Å². The topological polar surface area (TPSA) is 66.8 Å². The summed E-state index contributed by atoms with van der Waals surface area (Å²) in [5.74, 6) is -2.24. The molecule has 0 heterocycles. The van der Waals surface area contributed by atoms with E-state index in [0.717, 1.165) is 11.6 Å². The lowest BCUT2D eigenvalue weighted by Crippen LogP contribution is -2.28. The van der Waals surface area contributed by atoms with Gasteiger partial charge in [-0.3, -0.25) is 0 Å². The molecule has 0 bridgehead atoms. The summed E-state index contributed by atoms with van der Waals surface area (Å²) >= 11 is 0. The van der Waals surface area contributed by atoms with Gasteiger partial charge in [0.2, 0.25) is 0 Å². The van der Waals surface area contributed by atoms with Crippen LogP contribution in [0.3, 0.4) is 0 Å². The van der Waals surface area contributed by atoms with Gasteiger partial charge in [-0.2, -0.15) is 0 Å². The highest BCUT2D eigenvalue weighted by Gasteiger charge is 2.23. The summed E-state index contributed by atoms with van der Waals surface area (Å²) in [5.41, 5.74) is 0.745. The van der Waals surface area contributed by atoms with Crippen molar-refractivity contribution in [2.45, 2.75) is 12.2 Å². The molecule has 0 amide bonds. The number of allylic oxidation sites excluding steroid dienone is 3. The lowest BCUT2D eigenvalue weighted by atomic mass is 10.0. The van der Waals surface area contributed by atoms with Crippen LogP contribution in [0.5, 0.6) is 0 Å². The minimum atomic E-state index is -1.25. The molecule has 0 saturated heterocycles. The Morgan fingerprint density at radius 3 is 2.86 bits per heavy atom. The Labute approximate surface area is 81.8 Å². The molecule has 0 aromatic heterocycles. The summed E-state index contributed by atoms with van der Waals surface area (Å²) in [5, 5.41) is 18.0. The molecule has 76 valence electrons. The van der Waals surface area contributed by atoms with Crippen LogP contribution in [0.4, 0.5) is 0 Å². The Balaban J connectivity index is 2.64. The number of carbonyl (C=O) groups is 1. The van der Waals surface area contributed by atoms with Gasteiger partial charge in [0, 0.05) is 19.6 Å². The first-order valence-electron chi connectivity index (χ1n) is 4.14. The second-order valence-corrected chi connectivity index (χ2v) is 2.96. The number of aliphatic hydroxyl groups is 1. The van der Waals surface area contributed by atoms with Crippen molar-refractivity contribution in [2.24, 2.45) is 0 Å². The highest BCUT2D eigenvalue weighted by Crippen LogP contribution is 2.21. The van der Waals surface area contributed by atoms with E-state index in [1.54, 1.807) is 12.2 Å². The summed E-state index contributed by atoms with van der Waals surface area (Å²) in [6.07, 6.45) is 7.66. The molecule has 1 unspecified atom stereocenters. The molecule has 1 atom stereocenters. The van der Waals surface area contributed by atoms with Crippen molar-refractivity contribution in [3.05, 3.63) is 36.0 Å². The smallest absolute Gasteiger partial charge is 0.328 e. The Morgan fingerprint density at radius 1 is 1.71 bits per heavy atom. The summed E-state index contributed by atoms with van der Waals surface area (Å²) in [7, 11) is 1.41. The fraction of sp³-hybridized carbons (Fsp3) is 0.300. The van der Waals surface area contributed by atoms with Crippen LogP contribution in [0.2, 0.25) is 0 Å². The Hall–Kier alpha value is -1.39. The van der Waals surface area contributed by atoms with Gasteiger partial charge >= 0.3 is 5.97 Å². The number of ether oxygens (including phenoxy) is 1. The predicted octanol–water partition coefficient (Wildman–Crippen LogP) is 0.849. The molecule has 4 nitrogen and oxygen atoms in total. The normalized spacial score (nSPS) is 26.6. The molecule has 1 aliphatic carbocycles. The second kappa shape index (κ2) is 4.21. The molecule has 0 aliphatic heterocycles. The van der Waals surface area contributed by atoms with Crippen molar-refractivity contribution in [1.29, 1.82) is 0 Å². The number of rotatable bonds is 3. The van der Waals surface area contributed by atoms with Gasteiger partial charge in [0.25, 0.3) is 0 Å². The number of methoxy groups -OCH3 is 1. The number of hydrogen-bond acceptors (Lipinski definition) is 3. The molecule has 0 fully saturated rings. The molecule has 4 heteroatoms. The van der Waals surface area contributed by atoms with E-state index >= 15 is 0 Å². The van der Waals surface area contributed by atoms with Gasteiger partial charge in [0.05, 0.1) is 0 Å². The van der Waals surface area contributed by atoms with Gasteiger partial charge in [0.15, 0.2) is 5.79 Å². The van der Waals surface area contributed by atoms with Crippen LogP contribution in [-0.4, -0.2) is 29.1 Å². The highest BCUT2D eigenvalue weighted by atomic mass is 16.6. The van der Waals surface area contributed by atoms with E-state index in [1.165, 1.54) is 19.3 Å². The molecular weight excluding hydrogens is 184 g/mol. The van der Waals surface area contributed by atoms with Crippen molar-refractivity contribution in [3.8, 4) is 0 Å². The quantitative estimate of drug-likeness (QED) is 0.518. The first kappa shape index (κ1) is 10.7. The average Bonchev–Trinajstić information content (AvgIpc) is 2.17. The van der Waals surface area contributed by atoms with Crippen LogP contribution in [0.1, 0.15) is 6.42 Å². The fourth-order valence-electron chi connectivity index (χ4n) is 1.07. The van der Waals surface area contributed by atoms with Crippen molar-refractivity contribution >= 4 is 5.97 Å². The molecule has 2 N–H and O–H groups in total. The molecule has 0 saturated carbocycles. The minimum absolute atomic E-state index is 0.319. The van der Waals surface area contributed by atoms with Crippen LogP contribution >= 0.6 is 0 Å². The zero-order valence-corrected chi connectivity index (χ0v) is 7.80. The maximum Gasteiger partial charge on any atom is 0.328 e. The molecule has 0 aromatic carbocycles. The minimum Gasteiger partial charge on any atom is -0.478 e. The zero-order chi connectivity index (χ0) is 10.6. The van der Waals surface area contributed by atoms with E-state index < -0.39 is 11.8 Å². The third-order valence-corrected chi connectivity index (χ3v) is 1.94. The molecule has 0 aromatic rings. The summed E-state index contributed by atoms with van der Waals surface area (Å²) in [6, 6.07) is 0. The van der Waals surface area contributed by atoms with E-state index in [9.17, 15) is 9.90 Å². The first-order chi connectivity index (χ1) is 6.56. The number of carboxylic acids is 1. The summed E-state index contributed by atoms with van der Waals surface area (Å²) in [6.45, 7) is 0. The molecule has 1 rings (SSSR count). The van der Waals surface area contributed by atoms with Crippen molar-refractivity contribution in [2.75, 3.05) is 7.11 Å². The number of hydrogen-bond donors (Lipinski definition) is 2. The standard InChI is InChI=1S/C10H12O4/c1-14-10(13)6-4-8(5-7-10)2-3-9(11)12/h2-6,13H,7H2,1H3,(H,11,12)/b3-2+. The van der Waals surface area contributed by atoms with Gasteiger partial charge in [-0.1, -0.05) is 12.2 Å². The Kier molecular flexibility index (Phi) is 3.22. The van der Waals surface area contributed by atoms with E-state index in [1.807, 2.05) is 0 Å². The van der Waals surface area contributed by atoms with Gasteiger partial charge < -0.3 is 14.9 Å². The van der Waals surface area contributed by atoms with E-state index in [-0.39, 0.29) is 0 Å². The first-order valence-corrected chi connectivity index (χ1v) is 4.14. The summed E-state index contributed by atoms with van der Waals surface area (Å²) < 4.78 is 4.84. The monoisotopic (exact) mass is 196 g/mol. The average molecular weight is 196 g/mol. The summed E-state index contributed by atoms with van der Waals surface area (Å²) in [4.78, 5) is 10.2.